The molecule has 0 aromatic carbocycles. The van der Waals surface area contributed by atoms with Gasteiger partial charge in [-0.05, 0) is 19.8 Å². The van der Waals surface area contributed by atoms with E-state index in [0.29, 0.717) is 12.2 Å². The van der Waals surface area contributed by atoms with Gasteiger partial charge in [-0.25, -0.2) is 4.79 Å². The second kappa shape index (κ2) is 14.5. The van der Waals surface area contributed by atoms with Crippen LogP contribution in [0.1, 0.15) is 52.9 Å². The van der Waals surface area contributed by atoms with Crippen molar-refractivity contribution in [3.8, 4) is 0 Å². The minimum atomic E-state index is -0.329. The largest absolute Gasteiger partial charge is 0.463 e. The number of carbonyl (C=O) groups excluding carboxylic acids is 2. The molecular formula is C15H26O4. The quantitative estimate of drug-likeness (QED) is 0.291. The highest BCUT2D eigenvalue weighted by atomic mass is 16.5. The lowest BCUT2D eigenvalue weighted by Gasteiger charge is -2.04. The SMILES string of the molecule is C=C(CCCCCC)C(=O)OCC.C=COC(C)=O. The molecule has 0 aliphatic heterocycles. The fraction of sp³-hybridized carbons (Fsp3) is 0.600. The van der Waals surface area contributed by atoms with E-state index in [2.05, 4.69) is 24.8 Å². The molecule has 0 aliphatic rings. The number of rotatable bonds is 8. The van der Waals surface area contributed by atoms with Crippen LogP contribution in [0.4, 0.5) is 0 Å². The minimum absolute atomic E-state index is 0.237. The van der Waals surface area contributed by atoms with Crippen LogP contribution in [-0.4, -0.2) is 18.5 Å². The van der Waals surface area contributed by atoms with E-state index in [0.717, 1.165) is 19.1 Å². The molecule has 0 unspecified atom stereocenters. The highest BCUT2D eigenvalue weighted by Crippen LogP contribution is 2.09. The lowest BCUT2D eigenvalue weighted by Crippen LogP contribution is -2.06. The fourth-order valence-corrected chi connectivity index (χ4v) is 1.22. The van der Waals surface area contributed by atoms with Gasteiger partial charge in [0.15, 0.2) is 0 Å². The van der Waals surface area contributed by atoms with Gasteiger partial charge in [-0.15, -0.1) is 0 Å². The number of unbranched alkanes of at least 4 members (excludes halogenated alkanes) is 3. The fourth-order valence-electron chi connectivity index (χ4n) is 1.22. The monoisotopic (exact) mass is 270 g/mol. The topological polar surface area (TPSA) is 52.6 Å². The smallest absolute Gasteiger partial charge is 0.333 e. The van der Waals surface area contributed by atoms with Gasteiger partial charge in [0.1, 0.15) is 0 Å². The van der Waals surface area contributed by atoms with Crippen LogP contribution in [0.3, 0.4) is 0 Å². The van der Waals surface area contributed by atoms with Crippen LogP contribution in [0.5, 0.6) is 0 Å². The van der Waals surface area contributed by atoms with Crippen LogP contribution < -0.4 is 0 Å². The Hall–Kier alpha value is -1.58. The van der Waals surface area contributed by atoms with Crippen LogP contribution in [0.15, 0.2) is 25.0 Å². The van der Waals surface area contributed by atoms with Crippen molar-refractivity contribution in [2.45, 2.75) is 52.9 Å². The van der Waals surface area contributed by atoms with E-state index in [-0.39, 0.29) is 11.9 Å². The molecule has 0 bridgehead atoms. The summed E-state index contributed by atoms with van der Waals surface area (Å²) in [6, 6.07) is 0. The van der Waals surface area contributed by atoms with Crippen molar-refractivity contribution in [1.29, 1.82) is 0 Å². The van der Waals surface area contributed by atoms with Gasteiger partial charge in [0.2, 0.25) is 0 Å². The lowest BCUT2D eigenvalue weighted by molar-refractivity contribution is -0.138. The molecule has 4 heteroatoms. The van der Waals surface area contributed by atoms with Crippen molar-refractivity contribution < 1.29 is 19.1 Å². The molecular weight excluding hydrogens is 244 g/mol. The standard InChI is InChI=1S/C11H20O2.C4H6O2/c1-4-6-7-8-9-10(3)11(12)13-5-2;1-3-6-4(2)5/h3-9H2,1-2H3;3H,1H2,2H3. The average Bonchev–Trinajstić information content (AvgIpc) is 2.35. The normalized spacial score (nSPS) is 8.79. The third kappa shape index (κ3) is 16.4. The maximum Gasteiger partial charge on any atom is 0.333 e. The van der Waals surface area contributed by atoms with Gasteiger partial charge in [-0.2, -0.15) is 0 Å². The Balaban J connectivity index is 0. The van der Waals surface area contributed by atoms with E-state index in [9.17, 15) is 9.59 Å². The highest BCUT2D eigenvalue weighted by Gasteiger charge is 2.06. The molecule has 110 valence electrons. The Bertz CT molecular complexity index is 282. The van der Waals surface area contributed by atoms with Crippen molar-refractivity contribution in [2.75, 3.05) is 6.61 Å². The van der Waals surface area contributed by atoms with Crippen molar-refractivity contribution in [1.82, 2.24) is 0 Å². The maximum atomic E-state index is 11.1. The van der Waals surface area contributed by atoms with Crippen LogP contribution >= 0.6 is 0 Å². The predicted molar refractivity (Wildman–Crippen MR) is 76.5 cm³/mol. The second-order valence-electron chi connectivity index (χ2n) is 3.91. The Morgan fingerprint density at radius 2 is 1.79 bits per heavy atom. The highest BCUT2D eigenvalue weighted by molar-refractivity contribution is 5.87. The molecule has 0 atom stereocenters. The number of hydrogen-bond donors (Lipinski definition) is 0. The summed E-state index contributed by atoms with van der Waals surface area (Å²) in [6.07, 6.45) is 6.55. The summed E-state index contributed by atoms with van der Waals surface area (Å²) < 4.78 is 8.99. The molecule has 0 saturated heterocycles. The zero-order valence-corrected chi connectivity index (χ0v) is 12.4. The average molecular weight is 270 g/mol. The van der Waals surface area contributed by atoms with Gasteiger partial charge in [-0.1, -0.05) is 39.3 Å². The molecule has 0 radical (unpaired) electrons. The zero-order valence-electron chi connectivity index (χ0n) is 12.4. The van der Waals surface area contributed by atoms with Crippen molar-refractivity contribution in [3.05, 3.63) is 25.0 Å². The molecule has 0 heterocycles. The summed E-state index contributed by atoms with van der Waals surface area (Å²) in [6.45, 7) is 12.6. The molecule has 0 aromatic rings. The maximum absolute atomic E-state index is 11.1. The van der Waals surface area contributed by atoms with Gasteiger partial charge in [0.25, 0.3) is 0 Å². The van der Waals surface area contributed by atoms with Gasteiger partial charge in [0, 0.05) is 12.5 Å². The number of carbonyl (C=O) groups is 2. The molecule has 0 aliphatic carbocycles. The summed E-state index contributed by atoms with van der Waals surface area (Å²) in [5.41, 5.74) is 0.609. The first kappa shape index (κ1) is 19.8. The molecule has 4 nitrogen and oxygen atoms in total. The number of esters is 2. The van der Waals surface area contributed by atoms with Gasteiger partial charge >= 0.3 is 11.9 Å². The van der Waals surface area contributed by atoms with Gasteiger partial charge in [0.05, 0.1) is 12.9 Å². The minimum Gasteiger partial charge on any atom is -0.463 e. The number of hydrogen-bond acceptors (Lipinski definition) is 4. The summed E-state index contributed by atoms with van der Waals surface area (Å²) >= 11 is 0. The molecule has 0 N–H and O–H groups in total. The van der Waals surface area contributed by atoms with Crippen LogP contribution in [-0.2, 0) is 19.1 Å². The molecule has 0 amide bonds. The van der Waals surface area contributed by atoms with Crippen LogP contribution in [0.2, 0.25) is 0 Å². The van der Waals surface area contributed by atoms with Gasteiger partial charge < -0.3 is 9.47 Å². The zero-order chi connectivity index (χ0) is 15.1. The summed E-state index contributed by atoms with van der Waals surface area (Å²) in [7, 11) is 0. The predicted octanol–water partition coefficient (Wildman–Crippen LogP) is 3.77. The van der Waals surface area contributed by atoms with Crippen LogP contribution in [0, 0.1) is 0 Å². The van der Waals surface area contributed by atoms with E-state index in [4.69, 9.17) is 4.74 Å². The van der Waals surface area contributed by atoms with E-state index < -0.39 is 0 Å². The van der Waals surface area contributed by atoms with E-state index in [1.807, 2.05) is 6.92 Å². The first-order valence-electron chi connectivity index (χ1n) is 6.62. The van der Waals surface area contributed by atoms with E-state index in [1.54, 1.807) is 0 Å². The van der Waals surface area contributed by atoms with Crippen LogP contribution in [0.25, 0.3) is 0 Å². The Labute approximate surface area is 116 Å². The first-order chi connectivity index (χ1) is 8.99. The Morgan fingerprint density at radius 1 is 1.16 bits per heavy atom. The summed E-state index contributed by atoms with van der Waals surface area (Å²) in [4.78, 5) is 20.8. The summed E-state index contributed by atoms with van der Waals surface area (Å²) in [5.74, 6) is -0.566. The molecule has 0 rings (SSSR count). The van der Waals surface area contributed by atoms with Crippen molar-refractivity contribution in [3.63, 3.8) is 0 Å². The lowest BCUT2D eigenvalue weighted by atomic mass is 10.1. The van der Waals surface area contributed by atoms with Crippen molar-refractivity contribution >= 4 is 11.9 Å². The van der Waals surface area contributed by atoms with E-state index in [1.165, 1.54) is 26.2 Å². The van der Waals surface area contributed by atoms with E-state index >= 15 is 0 Å². The molecule has 19 heavy (non-hydrogen) atoms. The molecule has 0 saturated carbocycles. The van der Waals surface area contributed by atoms with Gasteiger partial charge in [-0.3, -0.25) is 4.79 Å². The molecule has 0 aromatic heterocycles. The second-order valence-corrected chi connectivity index (χ2v) is 3.91. The summed E-state index contributed by atoms with van der Waals surface area (Å²) in [5, 5.41) is 0. The number of ether oxygens (including phenoxy) is 2. The molecule has 0 spiro atoms. The molecule has 0 fully saturated rings. The third-order valence-electron chi connectivity index (χ3n) is 2.15. The Kier molecular flexibility index (Phi) is 15.1. The third-order valence-corrected chi connectivity index (χ3v) is 2.15. The van der Waals surface area contributed by atoms with Crippen molar-refractivity contribution in [2.24, 2.45) is 0 Å². The first-order valence-corrected chi connectivity index (χ1v) is 6.62. The Morgan fingerprint density at radius 3 is 2.16 bits per heavy atom.